The first-order chi connectivity index (χ1) is 19.8. The molecule has 4 rings (SSSR count). The minimum absolute atomic E-state index is 0.000113. The van der Waals surface area contributed by atoms with Gasteiger partial charge in [0.05, 0.1) is 35.7 Å². The number of ether oxygens (including phenoxy) is 1. The topological polar surface area (TPSA) is 95.5 Å². The van der Waals surface area contributed by atoms with Crippen LogP contribution >= 0.6 is 0 Å². The van der Waals surface area contributed by atoms with Crippen LogP contribution < -0.4 is 0 Å². The Balaban J connectivity index is 1.91. The normalized spacial score (nSPS) is 12.7. The molecule has 11 heteroatoms. The van der Waals surface area contributed by atoms with Gasteiger partial charge in [-0.25, -0.2) is 31.0 Å². The van der Waals surface area contributed by atoms with E-state index in [1.165, 1.54) is 18.3 Å². The summed E-state index contributed by atoms with van der Waals surface area (Å²) < 4.78 is 63.2. The molecule has 8 nitrogen and oxygen atoms in total. The fourth-order valence-electron chi connectivity index (χ4n) is 4.76. The predicted molar refractivity (Wildman–Crippen MR) is 155 cm³/mol. The molecule has 0 aliphatic heterocycles. The number of fused-ring (bicyclic) bond motifs is 1. The third kappa shape index (κ3) is 6.04. The highest BCUT2D eigenvalue weighted by Crippen LogP contribution is 2.40. The number of carbonyl (C=O) groups is 1. The van der Waals surface area contributed by atoms with Crippen LogP contribution in [0, 0.1) is 36.5 Å². The van der Waals surface area contributed by atoms with Crippen LogP contribution in [0.3, 0.4) is 0 Å². The van der Waals surface area contributed by atoms with Crippen molar-refractivity contribution >= 4 is 32.7 Å². The summed E-state index contributed by atoms with van der Waals surface area (Å²) in [6.07, 6.45) is 2.93. The van der Waals surface area contributed by atoms with E-state index in [-0.39, 0.29) is 69.3 Å². The number of hydrogen-bond donors (Lipinski definition) is 0. The highest BCUT2D eigenvalue weighted by atomic mass is 32.2. The van der Waals surface area contributed by atoms with Crippen molar-refractivity contribution in [3.63, 3.8) is 0 Å². The largest absolute Gasteiger partial charge is 0.466 e. The molecule has 220 valence electrons. The maximum atomic E-state index is 15.4. The lowest BCUT2D eigenvalue weighted by atomic mass is 9.72. The second-order valence-corrected chi connectivity index (χ2v) is 12.6. The lowest BCUT2D eigenvalue weighted by molar-refractivity contribution is -0.145. The van der Waals surface area contributed by atoms with E-state index in [2.05, 4.69) is 14.8 Å². The molecule has 3 heterocycles. The van der Waals surface area contributed by atoms with E-state index in [4.69, 9.17) is 11.3 Å². The van der Waals surface area contributed by atoms with Gasteiger partial charge in [-0.1, -0.05) is 44.9 Å². The molecule has 0 saturated heterocycles. The van der Waals surface area contributed by atoms with E-state index in [0.717, 1.165) is 27.9 Å². The third-order valence-electron chi connectivity index (χ3n) is 7.73. The van der Waals surface area contributed by atoms with E-state index in [9.17, 15) is 17.6 Å². The maximum absolute atomic E-state index is 15.4. The number of aryl methyl sites for hydroxylation is 1. The SMILES string of the molecule is [C-]#[N+]c1cc(F)c(CC(CC(=O)OCC)C(C)(C)CC)nc1-c1cn(S(=O)(=O)c2ccc(C)cc2)c2ncc(F)cc12. The Hall–Kier alpha value is -4.17. The molecule has 0 fully saturated rings. The van der Waals surface area contributed by atoms with Crippen molar-refractivity contribution in [2.45, 2.75) is 58.8 Å². The zero-order chi connectivity index (χ0) is 30.8. The Morgan fingerprint density at radius 1 is 1.17 bits per heavy atom. The Bertz CT molecular complexity index is 1790. The van der Waals surface area contributed by atoms with Crippen molar-refractivity contribution in [1.29, 1.82) is 0 Å². The van der Waals surface area contributed by atoms with Gasteiger partial charge in [-0.05, 0) is 55.9 Å². The van der Waals surface area contributed by atoms with Crippen molar-refractivity contribution in [1.82, 2.24) is 13.9 Å². The molecule has 0 radical (unpaired) electrons. The van der Waals surface area contributed by atoms with Crippen LogP contribution in [0.4, 0.5) is 14.5 Å². The number of halogens is 2. The van der Waals surface area contributed by atoms with Crippen LogP contribution in [0.25, 0.3) is 27.1 Å². The van der Waals surface area contributed by atoms with Crippen LogP contribution in [-0.2, 0) is 26.0 Å². The number of rotatable bonds is 10. The second-order valence-electron chi connectivity index (χ2n) is 10.8. The van der Waals surface area contributed by atoms with Gasteiger partial charge in [0.25, 0.3) is 10.0 Å². The molecular weight excluding hydrogens is 562 g/mol. The smallest absolute Gasteiger partial charge is 0.306 e. The van der Waals surface area contributed by atoms with Crippen LogP contribution in [0.5, 0.6) is 0 Å². The quantitative estimate of drug-likeness (QED) is 0.145. The van der Waals surface area contributed by atoms with Gasteiger partial charge in [-0.3, -0.25) is 9.78 Å². The van der Waals surface area contributed by atoms with Gasteiger partial charge in [-0.2, -0.15) is 0 Å². The molecule has 1 atom stereocenters. The first kappa shape index (κ1) is 30.8. The summed E-state index contributed by atoms with van der Waals surface area (Å²) in [5.74, 6) is -2.21. The van der Waals surface area contributed by atoms with Gasteiger partial charge in [-0.15, -0.1) is 0 Å². The van der Waals surface area contributed by atoms with Crippen LogP contribution in [-0.4, -0.2) is 34.9 Å². The molecule has 0 aliphatic carbocycles. The van der Waals surface area contributed by atoms with Crippen molar-refractivity contribution in [3.8, 4) is 11.3 Å². The zero-order valence-corrected chi connectivity index (χ0v) is 24.9. The monoisotopic (exact) mass is 594 g/mol. The molecule has 0 aliphatic rings. The third-order valence-corrected chi connectivity index (χ3v) is 9.40. The van der Waals surface area contributed by atoms with Gasteiger partial charge < -0.3 is 4.74 Å². The fourth-order valence-corrected chi connectivity index (χ4v) is 6.09. The molecule has 0 saturated carbocycles. The Kier molecular flexibility index (Phi) is 8.78. The second kappa shape index (κ2) is 12.0. The molecule has 0 N–H and O–H groups in total. The molecule has 42 heavy (non-hydrogen) atoms. The minimum atomic E-state index is -4.18. The van der Waals surface area contributed by atoms with Crippen LogP contribution in [0.1, 0.15) is 51.8 Å². The van der Waals surface area contributed by atoms with Crippen molar-refractivity contribution in [2.24, 2.45) is 11.3 Å². The van der Waals surface area contributed by atoms with E-state index >= 15 is 4.39 Å². The Labute approximate surface area is 244 Å². The van der Waals surface area contributed by atoms with Crippen molar-refractivity contribution in [3.05, 3.63) is 83.1 Å². The molecule has 0 bridgehead atoms. The van der Waals surface area contributed by atoms with E-state index in [1.54, 1.807) is 19.1 Å². The summed E-state index contributed by atoms with van der Waals surface area (Å²) in [7, 11) is -4.18. The molecule has 1 aromatic carbocycles. The Morgan fingerprint density at radius 3 is 2.48 bits per heavy atom. The first-order valence-corrected chi connectivity index (χ1v) is 15.0. The number of nitrogens with zero attached hydrogens (tertiary/aromatic N) is 4. The Morgan fingerprint density at radius 2 is 1.86 bits per heavy atom. The summed E-state index contributed by atoms with van der Waals surface area (Å²) in [6, 6.07) is 8.37. The lowest BCUT2D eigenvalue weighted by Crippen LogP contribution is -2.29. The highest BCUT2D eigenvalue weighted by molar-refractivity contribution is 7.90. The van der Waals surface area contributed by atoms with Gasteiger partial charge in [0.2, 0.25) is 5.69 Å². The lowest BCUT2D eigenvalue weighted by Gasteiger charge is -2.33. The molecule has 0 spiro atoms. The maximum Gasteiger partial charge on any atom is 0.306 e. The summed E-state index contributed by atoms with van der Waals surface area (Å²) in [5.41, 5.74) is 0.332. The predicted octanol–water partition coefficient (Wildman–Crippen LogP) is 7.02. The summed E-state index contributed by atoms with van der Waals surface area (Å²) >= 11 is 0. The fraction of sp³-hybridized carbons (Fsp3) is 0.355. The minimum Gasteiger partial charge on any atom is -0.466 e. The number of benzene rings is 1. The highest BCUT2D eigenvalue weighted by Gasteiger charge is 2.32. The van der Waals surface area contributed by atoms with E-state index in [0.29, 0.717) is 6.42 Å². The summed E-state index contributed by atoms with van der Waals surface area (Å²) in [5, 5.41) is 0.0950. The van der Waals surface area contributed by atoms with Crippen molar-refractivity contribution in [2.75, 3.05) is 6.61 Å². The number of carbonyl (C=O) groups excluding carboxylic acids is 1. The van der Waals surface area contributed by atoms with Gasteiger partial charge in [0.1, 0.15) is 11.6 Å². The number of pyridine rings is 2. The number of hydrogen-bond acceptors (Lipinski definition) is 6. The number of esters is 1. The van der Waals surface area contributed by atoms with Crippen molar-refractivity contribution < 1.29 is 26.7 Å². The van der Waals surface area contributed by atoms with E-state index < -0.39 is 27.6 Å². The zero-order valence-electron chi connectivity index (χ0n) is 24.1. The molecule has 4 aromatic rings. The number of aromatic nitrogens is 3. The van der Waals surface area contributed by atoms with Crippen LogP contribution in [0.2, 0.25) is 0 Å². The van der Waals surface area contributed by atoms with E-state index in [1.807, 2.05) is 27.7 Å². The molecular formula is C31H32F2N4O4S. The summed E-state index contributed by atoms with van der Waals surface area (Å²) in [4.78, 5) is 24.4. The van der Waals surface area contributed by atoms with Gasteiger partial charge in [0, 0.05) is 23.6 Å². The first-order valence-electron chi connectivity index (χ1n) is 13.5. The molecule has 0 amide bonds. The average molecular weight is 595 g/mol. The standard InChI is InChI=1S/C31H32F2N4O4S/c1-7-31(4,5)20(14-28(38)41-8-2)13-26-25(33)16-27(34-6)29(36-26)24-18-37(30-23(24)15-21(32)17-35-30)42(39,40)22-11-9-19(3)10-12-22/h9-12,15-18,20H,7-8,13-14H2,1-5H3. The molecule has 3 aromatic heterocycles. The average Bonchev–Trinajstić information content (AvgIpc) is 3.33. The summed E-state index contributed by atoms with van der Waals surface area (Å²) in [6.45, 7) is 17.4. The van der Waals surface area contributed by atoms with Crippen LogP contribution in [0.15, 0.2) is 53.7 Å². The van der Waals surface area contributed by atoms with Gasteiger partial charge in [0.15, 0.2) is 5.65 Å². The molecule has 1 unspecified atom stereocenters. The van der Waals surface area contributed by atoms with Gasteiger partial charge >= 0.3 is 5.97 Å².